The zero-order valence-corrected chi connectivity index (χ0v) is 9.45. The lowest BCUT2D eigenvalue weighted by molar-refractivity contribution is 0.789. The lowest BCUT2D eigenvalue weighted by Crippen LogP contribution is -2.14. The van der Waals surface area contributed by atoms with Gasteiger partial charge in [-0.05, 0) is 49.0 Å². The first-order valence-corrected chi connectivity index (χ1v) is 6.12. The fourth-order valence-corrected chi connectivity index (χ4v) is 2.68. The highest BCUT2D eigenvalue weighted by Crippen LogP contribution is 2.35. The quantitative estimate of drug-likeness (QED) is 0.782. The van der Waals surface area contributed by atoms with Crippen LogP contribution in [0.25, 0.3) is 0 Å². The van der Waals surface area contributed by atoms with E-state index >= 15 is 0 Å². The van der Waals surface area contributed by atoms with E-state index in [0.717, 1.165) is 0 Å². The first-order chi connectivity index (χ1) is 7.92. The summed E-state index contributed by atoms with van der Waals surface area (Å²) in [5.41, 5.74) is 4.41. The Bertz CT molecular complexity index is 406. The summed E-state index contributed by atoms with van der Waals surface area (Å²) >= 11 is 0. The summed E-state index contributed by atoms with van der Waals surface area (Å²) in [6.45, 7) is 0. The van der Waals surface area contributed by atoms with Crippen molar-refractivity contribution >= 4 is 5.69 Å². The summed E-state index contributed by atoms with van der Waals surface area (Å²) in [5, 5.41) is 3.62. The first-order valence-electron chi connectivity index (χ1n) is 6.12. The monoisotopic (exact) mass is 211 g/mol. The van der Waals surface area contributed by atoms with Crippen molar-refractivity contribution in [1.82, 2.24) is 0 Å². The highest BCUT2D eigenvalue weighted by Gasteiger charge is 2.24. The molecule has 82 valence electrons. The molecule has 3 rings (SSSR count). The standard InChI is InChI=1S/C15H17N/c1-2-8-14(9-3-1)16-15-10-12-6-4-5-7-13(12)11-15/h1-3,6-9,15-16H,4-5,10-11H2. The topological polar surface area (TPSA) is 12.0 Å². The Morgan fingerprint density at radius 3 is 2.12 bits per heavy atom. The third kappa shape index (κ3) is 1.90. The van der Waals surface area contributed by atoms with Crippen LogP contribution in [-0.4, -0.2) is 6.04 Å². The molecule has 0 heterocycles. The molecule has 1 nitrogen and oxygen atoms in total. The summed E-state index contributed by atoms with van der Waals surface area (Å²) in [6, 6.07) is 11.1. The second-order valence-electron chi connectivity index (χ2n) is 4.65. The average Bonchev–Trinajstić information content (AvgIpc) is 2.72. The van der Waals surface area contributed by atoms with Gasteiger partial charge in [-0.3, -0.25) is 0 Å². The number of anilines is 1. The molecule has 0 radical (unpaired) electrons. The Labute approximate surface area is 96.9 Å². The van der Waals surface area contributed by atoms with E-state index in [2.05, 4.69) is 47.8 Å². The average molecular weight is 211 g/mol. The Morgan fingerprint density at radius 1 is 0.875 bits per heavy atom. The molecule has 0 aromatic heterocycles. The van der Waals surface area contributed by atoms with Crippen molar-refractivity contribution in [3.8, 4) is 0 Å². The Kier molecular flexibility index (Phi) is 2.53. The molecule has 0 amide bonds. The Morgan fingerprint density at radius 2 is 1.50 bits per heavy atom. The van der Waals surface area contributed by atoms with E-state index < -0.39 is 0 Å². The van der Waals surface area contributed by atoms with E-state index in [1.54, 1.807) is 11.1 Å². The smallest absolute Gasteiger partial charge is 0.0342 e. The van der Waals surface area contributed by atoms with Crippen LogP contribution in [0.3, 0.4) is 0 Å². The van der Waals surface area contributed by atoms with Gasteiger partial charge in [0, 0.05) is 11.7 Å². The van der Waals surface area contributed by atoms with E-state index in [1.165, 1.54) is 31.4 Å². The molecule has 1 aromatic carbocycles. The normalized spacial score (nSPS) is 20.0. The number of hydrogen-bond donors (Lipinski definition) is 1. The van der Waals surface area contributed by atoms with Crippen molar-refractivity contribution in [1.29, 1.82) is 0 Å². The molecule has 1 aromatic rings. The molecule has 0 saturated heterocycles. The number of hydrogen-bond acceptors (Lipinski definition) is 1. The zero-order valence-electron chi connectivity index (χ0n) is 9.45. The number of allylic oxidation sites excluding steroid dienone is 2. The SMILES string of the molecule is C1=C2CC(Nc3ccccc3)CC2=CCC1. The van der Waals surface area contributed by atoms with E-state index in [4.69, 9.17) is 0 Å². The van der Waals surface area contributed by atoms with Gasteiger partial charge in [0.25, 0.3) is 0 Å². The van der Waals surface area contributed by atoms with Gasteiger partial charge in [-0.1, -0.05) is 30.4 Å². The number of para-hydroxylation sites is 1. The molecule has 0 unspecified atom stereocenters. The van der Waals surface area contributed by atoms with E-state index in [1.807, 2.05) is 0 Å². The van der Waals surface area contributed by atoms with Crippen molar-refractivity contribution in [3.63, 3.8) is 0 Å². The van der Waals surface area contributed by atoms with Crippen LogP contribution in [0.4, 0.5) is 5.69 Å². The molecule has 1 N–H and O–H groups in total. The Hall–Kier alpha value is -1.50. The highest BCUT2D eigenvalue weighted by atomic mass is 14.9. The predicted octanol–water partition coefficient (Wildman–Crippen LogP) is 3.91. The molecule has 0 bridgehead atoms. The third-order valence-electron chi connectivity index (χ3n) is 3.44. The summed E-state index contributed by atoms with van der Waals surface area (Å²) < 4.78 is 0. The molecule has 2 aliphatic rings. The molecule has 1 fully saturated rings. The fraction of sp³-hybridized carbons (Fsp3) is 0.333. The van der Waals surface area contributed by atoms with Gasteiger partial charge >= 0.3 is 0 Å². The lowest BCUT2D eigenvalue weighted by Gasteiger charge is -2.12. The molecular weight excluding hydrogens is 194 g/mol. The van der Waals surface area contributed by atoms with Gasteiger partial charge in [-0.2, -0.15) is 0 Å². The van der Waals surface area contributed by atoms with Crippen LogP contribution in [-0.2, 0) is 0 Å². The van der Waals surface area contributed by atoms with Gasteiger partial charge in [0.2, 0.25) is 0 Å². The van der Waals surface area contributed by atoms with Crippen molar-refractivity contribution in [2.45, 2.75) is 31.7 Å². The minimum Gasteiger partial charge on any atom is -0.382 e. The maximum atomic E-state index is 3.62. The van der Waals surface area contributed by atoms with Gasteiger partial charge < -0.3 is 5.32 Å². The van der Waals surface area contributed by atoms with E-state index in [9.17, 15) is 0 Å². The van der Waals surface area contributed by atoms with Crippen molar-refractivity contribution in [2.75, 3.05) is 5.32 Å². The second kappa shape index (κ2) is 4.17. The zero-order chi connectivity index (χ0) is 10.8. The Balaban J connectivity index is 1.71. The van der Waals surface area contributed by atoms with Gasteiger partial charge in [-0.15, -0.1) is 0 Å². The number of fused-ring (bicyclic) bond motifs is 1. The van der Waals surface area contributed by atoms with Gasteiger partial charge in [0.1, 0.15) is 0 Å². The molecule has 2 aliphatic carbocycles. The second-order valence-corrected chi connectivity index (χ2v) is 4.65. The summed E-state index contributed by atoms with van der Waals surface area (Å²) in [7, 11) is 0. The van der Waals surface area contributed by atoms with Crippen LogP contribution in [0.1, 0.15) is 25.7 Å². The van der Waals surface area contributed by atoms with E-state index in [0.29, 0.717) is 6.04 Å². The molecular formula is C15H17N. The minimum atomic E-state index is 0.595. The molecule has 16 heavy (non-hydrogen) atoms. The van der Waals surface area contributed by atoms with E-state index in [-0.39, 0.29) is 0 Å². The predicted molar refractivity (Wildman–Crippen MR) is 68.5 cm³/mol. The van der Waals surface area contributed by atoms with Crippen LogP contribution < -0.4 is 5.32 Å². The lowest BCUT2D eigenvalue weighted by atomic mass is 10.0. The van der Waals surface area contributed by atoms with Gasteiger partial charge in [-0.25, -0.2) is 0 Å². The van der Waals surface area contributed by atoms with Crippen LogP contribution >= 0.6 is 0 Å². The van der Waals surface area contributed by atoms with Crippen LogP contribution in [0.5, 0.6) is 0 Å². The third-order valence-corrected chi connectivity index (χ3v) is 3.44. The summed E-state index contributed by atoms with van der Waals surface area (Å²) in [5.74, 6) is 0. The largest absolute Gasteiger partial charge is 0.382 e. The fourth-order valence-electron chi connectivity index (χ4n) is 2.68. The van der Waals surface area contributed by atoms with Crippen molar-refractivity contribution < 1.29 is 0 Å². The van der Waals surface area contributed by atoms with Crippen LogP contribution in [0.15, 0.2) is 53.6 Å². The minimum absolute atomic E-state index is 0.595. The molecule has 1 saturated carbocycles. The molecule has 1 heteroatoms. The van der Waals surface area contributed by atoms with Gasteiger partial charge in [0.05, 0.1) is 0 Å². The maximum Gasteiger partial charge on any atom is 0.0342 e. The number of rotatable bonds is 2. The maximum absolute atomic E-state index is 3.62. The molecule has 0 aliphatic heterocycles. The first kappa shape index (κ1) is 9.71. The molecule has 0 atom stereocenters. The number of benzene rings is 1. The number of nitrogens with one attached hydrogen (secondary N) is 1. The molecule has 0 spiro atoms. The summed E-state index contributed by atoms with van der Waals surface area (Å²) in [4.78, 5) is 0. The van der Waals surface area contributed by atoms with Crippen molar-refractivity contribution in [2.24, 2.45) is 0 Å². The highest BCUT2D eigenvalue weighted by molar-refractivity contribution is 5.48. The van der Waals surface area contributed by atoms with Crippen molar-refractivity contribution in [3.05, 3.63) is 53.6 Å². The van der Waals surface area contributed by atoms with Gasteiger partial charge in [0.15, 0.2) is 0 Å². The summed E-state index contributed by atoms with van der Waals surface area (Å²) in [6.07, 6.45) is 9.69. The van der Waals surface area contributed by atoms with Crippen LogP contribution in [0.2, 0.25) is 0 Å². The van der Waals surface area contributed by atoms with Crippen LogP contribution in [0, 0.1) is 0 Å².